The van der Waals surface area contributed by atoms with Crippen molar-refractivity contribution in [1.82, 2.24) is 9.47 Å². The number of carboxylic acids is 1. The standard InChI is InChI=1S/C18H24FN3O9P2/c1-2-21-9-12(18(24)25)17(23)11-7-13(19)15(8-14(11)21)22-5-3-20(4-6-22)10-16(32(26,27)28)33(29,30)31/h7-9,16H,2-6,10H2,1H3,(H,24,25)(H2,26,27,28)(H2,29,30,31). The Morgan fingerprint density at radius 2 is 1.67 bits per heavy atom. The van der Waals surface area contributed by atoms with E-state index in [2.05, 4.69) is 0 Å². The zero-order valence-corrected chi connectivity index (χ0v) is 19.3. The number of nitrogens with zero attached hydrogens (tertiary/aromatic N) is 3. The molecule has 0 bridgehead atoms. The summed E-state index contributed by atoms with van der Waals surface area (Å²) in [5, 5.41) is 7.03. The predicted molar refractivity (Wildman–Crippen MR) is 117 cm³/mol. The Morgan fingerprint density at radius 1 is 1.09 bits per heavy atom. The van der Waals surface area contributed by atoms with Crippen LogP contribution in [0.25, 0.3) is 10.9 Å². The van der Waals surface area contributed by atoms with Gasteiger partial charge < -0.3 is 34.1 Å². The van der Waals surface area contributed by atoms with Crippen molar-refractivity contribution in [2.24, 2.45) is 0 Å². The molecule has 5 N–H and O–H groups in total. The van der Waals surface area contributed by atoms with Crippen molar-refractivity contribution in [3.63, 3.8) is 0 Å². The minimum Gasteiger partial charge on any atom is -0.477 e. The second kappa shape index (κ2) is 9.27. The van der Waals surface area contributed by atoms with E-state index in [0.717, 1.165) is 6.07 Å². The van der Waals surface area contributed by atoms with Gasteiger partial charge in [0.15, 0.2) is 5.40 Å². The number of hydrogen-bond donors (Lipinski definition) is 5. The van der Waals surface area contributed by atoms with E-state index in [9.17, 15) is 47.8 Å². The lowest BCUT2D eigenvalue weighted by Gasteiger charge is -2.37. The number of carbonyl (C=O) groups is 1. The molecule has 2 aromatic rings. The maximum absolute atomic E-state index is 14.9. The second-order valence-corrected chi connectivity index (χ2v) is 11.7. The van der Waals surface area contributed by atoms with Crippen LogP contribution in [-0.4, -0.2) is 78.2 Å². The van der Waals surface area contributed by atoms with Gasteiger partial charge in [-0.05, 0) is 19.1 Å². The first-order valence-corrected chi connectivity index (χ1v) is 13.3. The molecule has 0 aliphatic carbocycles. The van der Waals surface area contributed by atoms with Gasteiger partial charge in [-0.2, -0.15) is 0 Å². The lowest BCUT2D eigenvalue weighted by molar-refractivity contribution is 0.0694. The van der Waals surface area contributed by atoms with Crippen molar-refractivity contribution in [2.75, 3.05) is 37.6 Å². The van der Waals surface area contributed by atoms with Gasteiger partial charge in [-0.3, -0.25) is 18.8 Å². The Bertz CT molecular complexity index is 1210. The third-order valence-corrected chi connectivity index (χ3v) is 9.32. The summed E-state index contributed by atoms with van der Waals surface area (Å²) in [5.74, 6) is -2.14. The fraction of sp³-hybridized carbons (Fsp3) is 0.444. The van der Waals surface area contributed by atoms with Gasteiger partial charge in [0.1, 0.15) is 11.4 Å². The quantitative estimate of drug-likeness (QED) is 0.332. The van der Waals surface area contributed by atoms with E-state index < -0.39 is 49.9 Å². The fourth-order valence-corrected chi connectivity index (χ4v) is 6.32. The van der Waals surface area contributed by atoms with Crippen molar-refractivity contribution < 1.29 is 43.0 Å². The number of rotatable bonds is 7. The molecule has 0 unspecified atom stereocenters. The number of aromatic nitrogens is 1. The SMILES string of the molecule is CCn1cc(C(=O)O)c(=O)c2cc(F)c(N3CCN(CC(P(=O)(O)O)P(=O)(O)O)CC3)cc21. The third-order valence-electron chi connectivity index (χ3n) is 5.63. The van der Waals surface area contributed by atoms with E-state index in [-0.39, 0.29) is 37.3 Å². The summed E-state index contributed by atoms with van der Waals surface area (Å²) in [6.07, 6.45) is 1.21. The van der Waals surface area contributed by atoms with Crippen LogP contribution < -0.4 is 10.3 Å². The molecule has 182 valence electrons. The summed E-state index contributed by atoms with van der Waals surface area (Å²) in [7, 11) is -10.1. The maximum Gasteiger partial charge on any atom is 0.342 e. The van der Waals surface area contributed by atoms with Crippen LogP contribution in [0.2, 0.25) is 0 Å². The van der Waals surface area contributed by atoms with E-state index in [1.54, 1.807) is 11.8 Å². The van der Waals surface area contributed by atoms with Gasteiger partial charge in [-0.25, -0.2) is 9.18 Å². The number of hydrogen-bond acceptors (Lipinski definition) is 6. The first kappa shape index (κ1) is 25.5. The van der Waals surface area contributed by atoms with Gasteiger partial charge in [-0.1, -0.05) is 0 Å². The number of carboxylic acid groups (broad SMARTS) is 1. The number of pyridine rings is 1. The smallest absolute Gasteiger partial charge is 0.342 e. The number of piperazine rings is 1. The Kier molecular flexibility index (Phi) is 7.16. The molecule has 33 heavy (non-hydrogen) atoms. The summed E-state index contributed by atoms with van der Waals surface area (Å²) in [5.41, 5.74) is -0.740. The predicted octanol–water partition coefficient (Wildman–Crippen LogP) is 0.662. The molecule has 0 amide bonds. The molecule has 0 saturated carbocycles. The number of aromatic carboxylic acids is 1. The van der Waals surface area contributed by atoms with Crippen molar-refractivity contribution >= 4 is 37.8 Å². The average Bonchev–Trinajstić information content (AvgIpc) is 2.71. The van der Waals surface area contributed by atoms with Crippen LogP contribution in [0.1, 0.15) is 17.3 Å². The molecule has 12 nitrogen and oxygen atoms in total. The number of aryl methyl sites for hydroxylation is 1. The third kappa shape index (κ3) is 5.36. The molecule has 3 rings (SSSR count). The normalized spacial score (nSPS) is 16.0. The minimum atomic E-state index is -5.05. The van der Waals surface area contributed by atoms with Crippen LogP contribution in [0.3, 0.4) is 0 Å². The van der Waals surface area contributed by atoms with Gasteiger partial charge in [-0.15, -0.1) is 0 Å². The van der Waals surface area contributed by atoms with Crippen LogP contribution in [-0.2, 0) is 15.7 Å². The van der Waals surface area contributed by atoms with E-state index in [4.69, 9.17) is 0 Å². The summed E-state index contributed by atoms with van der Waals surface area (Å²) in [4.78, 5) is 64.2. The van der Waals surface area contributed by atoms with Crippen LogP contribution in [0.5, 0.6) is 0 Å². The number of anilines is 1. The largest absolute Gasteiger partial charge is 0.477 e. The van der Waals surface area contributed by atoms with Crippen molar-refractivity contribution in [3.05, 3.63) is 39.9 Å². The lowest BCUT2D eigenvalue weighted by atomic mass is 10.1. The Labute approximate surface area is 187 Å². The Hall–Kier alpha value is -2.11. The Morgan fingerprint density at radius 3 is 2.15 bits per heavy atom. The molecule has 0 spiro atoms. The number of benzene rings is 1. The number of halogens is 1. The average molecular weight is 507 g/mol. The molecule has 1 aromatic carbocycles. The highest BCUT2D eigenvalue weighted by Crippen LogP contribution is 2.59. The molecular weight excluding hydrogens is 483 g/mol. The summed E-state index contributed by atoms with van der Waals surface area (Å²) in [6.45, 7) is 2.27. The molecule has 1 aliphatic heterocycles. The molecular formula is C18H24FN3O9P2. The highest BCUT2D eigenvalue weighted by Gasteiger charge is 2.44. The molecule has 0 radical (unpaired) electrons. The molecule has 1 saturated heterocycles. The zero-order valence-electron chi connectivity index (χ0n) is 17.5. The Balaban J connectivity index is 1.87. The van der Waals surface area contributed by atoms with Gasteiger partial charge in [0.05, 0.1) is 11.2 Å². The lowest BCUT2D eigenvalue weighted by Crippen LogP contribution is -2.48. The molecule has 1 aromatic heterocycles. The molecule has 0 atom stereocenters. The van der Waals surface area contributed by atoms with Crippen LogP contribution in [0, 0.1) is 5.82 Å². The monoisotopic (exact) mass is 507 g/mol. The van der Waals surface area contributed by atoms with Crippen molar-refractivity contribution in [3.8, 4) is 0 Å². The minimum absolute atomic E-state index is 0.0669. The fourth-order valence-electron chi connectivity index (χ4n) is 3.87. The molecule has 15 heteroatoms. The van der Waals surface area contributed by atoms with E-state index in [0.29, 0.717) is 12.1 Å². The second-order valence-electron chi connectivity index (χ2n) is 7.73. The highest BCUT2D eigenvalue weighted by atomic mass is 31.2. The summed E-state index contributed by atoms with van der Waals surface area (Å²) >= 11 is 0. The van der Waals surface area contributed by atoms with Gasteiger partial charge in [0, 0.05) is 50.9 Å². The summed E-state index contributed by atoms with van der Waals surface area (Å²) in [6, 6.07) is 2.44. The summed E-state index contributed by atoms with van der Waals surface area (Å²) < 4.78 is 39.5. The van der Waals surface area contributed by atoms with Gasteiger partial charge in [0.25, 0.3) is 0 Å². The molecule has 2 heterocycles. The van der Waals surface area contributed by atoms with Crippen molar-refractivity contribution in [1.29, 1.82) is 0 Å². The van der Waals surface area contributed by atoms with Crippen LogP contribution in [0.15, 0.2) is 23.1 Å². The first-order chi connectivity index (χ1) is 15.2. The van der Waals surface area contributed by atoms with E-state index in [1.165, 1.54) is 21.7 Å². The zero-order chi connectivity index (χ0) is 24.7. The van der Waals surface area contributed by atoms with E-state index in [1.807, 2.05) is 0 Å². The van der Waals surface area contributed by atoms with Crippen LogP contribution >= 0.6 is 15.2 Å². The first-order valence-electron chi connectivity index (χ1n) is 9.91. The topological polar surface area (TPSA) is 181 Å². The maximum atomic E-state index is 14.9. The highest BCUT2D eigenvalue weighted by molar-refractivity contribution is 7.70. The van der Waals surface area contributed by atoms with Crippen LogP contribution in [0.4, 0.5) is 10.1 Å². The van der Waals surface area contributed by atoms with Crippen molar-refractivity contribution in [2.45, 2.75) is 18.9 Å². The molecule has 1 fully saturated rings. The number of fused-ring (bicyclic) bond motifs is 1. The van der Waals surface area contributed by atoms with Gasteiger partial charge >= 0.3 is 21.2 Å². The van der Waals surface area contributed by atoms with Gasteiger partial charge in [0.2, 0.25) is 5.43 Å². The van der Waals surface area contributed by atoms with E-state index >= 15 is 0 Å². The molecule has 1 aliphatic rings.